The van der Waals surface area contributed by atoms with Crippen LogP contribution in [-0.4, -0.2) is 7.11 Å². The van der Waals surface area contributed by atoms with Crippen molar-refractivity contribution in [2.45, 2.75) is 0 Å². The Morgan fingerprint density at radius 2 is 2.23 bits per heavy atom. The first kappa shape index (κ1) is 9.08. The molecule has 0 saturated heterocycles. The van der Waals surface area contributed by atoms with Crippen LogP contribution in [0.5, 0.6) is 5.75 Å². The first-order chi connectivity index (χ1) is 6.24. The number of hydrogen-bond acceptors (Lipinski definition) is 3. The second kappa shape index (κ2) is 3.34. The Morgan fingerprint density at radius 1 is 1.46 bits per heavy atom. The maximum atomic E-state index is 5.80. The van der Waals surface area contributed by atoms with Gasteiger partial charge in [0, 0.05) is 10.8 Å². The number of anilines is 1. The highest BCUT2D eigenvalue weighted by atomic mass is 127. The molecule has 2 N–H and O–H groups in total. The van der Waals surface area contributed by atoms with E-state index in [0.29, 0.717) is 0 Å². The molecule has 68 valence electrons. The lowest BCUT2D eigenvalue weighted by atomic mass is 10.2. The molecule has 1 heterocycles. The van der Waals surface area contributed by atoms with Crippen molar-refractivity contribution in [1.29, 1.82) is 0 Å². The molecule has 1 aromatic heterocycles. The van der Waals surface area contributed by atoms with Gasteiger partial charge in [-0.1, -0.05) is 0 Å². The fourth-order valence-electron chi connectivity index (χ4n) is 1.22. The maximum Gasteiger partial charge on any atom is 0.133 e. The van der Waals surface area contributed by atoms with Crippen molar-refractivity contribution in [2.24, 2.45) is 0 Å². The lowest BCUT2D eigenvalue weighted by molar-refractivity contribution is 0.412. The second-order valence-corrected chi connectivity index (χ2v) is 4.61. The van der Waals surface area contributed by atoms with Gasteiger partial charge in [0.2, 0.25) is 0 Å². The van der Waals surface area contributed by atoms with Gasteiger partial charge >= 0.3 is 0 Å². The Balaban J connectivity index is 2.80. The van der Waals surface area contributed by atoms with Gasteiger partial charge < -0.3 is 10.5 Å². The summed E-state index contributed by atoms with van der Waals surface area (Å²) >= 11 is 3.94. The Hall–Kier alpha value is -0.490. The first-order valence-corrected chi connectivity index (χ1v) is 5.69. The number of hydrogen-bond donors (Lipinski definition) is 1. The van der Waals surface area contributed by atoms with E-state index in [1.165, 1.54) is 4.70 Å². The number of methoxy groups -OCH3 is 1. The molecule has 0 aliphatic heterocycles. The van der Waals surface area contributed by atoms with Crippen LogP contribution in [0, 0.1) is 3.57 Å². The predicted octanol–water partition coefficient (Wildman–Crippen LogP) is 3.10. The van der Waals surface area contributed by atoms with Crippen LogP contribution in [0.25, 0.3) is 10.1 Å². The second-order valence-electron chi connectivity index (χ2n) is 2.65. The van der Waals surface area contributed by atoms with Crippen LogP contribution >= 0.6 is 33.9 Å². The summed E-state index contributed by atoms with van der Waals surface area (Å²) in [7, 11) is 1.68. The molecule has 2 nitrogen and oxygen atoms in total. The summed E-state index contributed by atoms with van der Waals surface area (Å²) in [6.45, 7) is 0. The van der Waals surface area contributed by atoms with E-state index >= 15 is 0 Å². The molecular formula is C9H8INOS. The minimum Gasteiger partial charge on any atom is -0.496 e. The van der Waals surface area contributed by atoms with Crippen LogP contribution in [0.4, 0.5) is 5.69 Å². The van der Waals surface area contributed by atoms with E-state index in [1.54, 1.807) is 18.4 Å². The number of fused-ring (bicyclic) bond motifs is 1. The summed E-state index contributed by atoms with van der Waals surface area (Å²) in [5.41, 5.74) is 6.65. The lowest BCUT2D eigenvalue weighted by Gasteiger charge is -2.03. The zero-order valence-electron chi connectivity index (χ0n) is 7.00. The molecule has 0 atom stereocenters. The highest BCUT2D eigenvalue weighted by Gasteiger charge is 2.08. The van der Waals surface area contributed by atoms with Crippen molar-refractivity contribution in [3.63, 3.8) is 0 Å². The van der Waals surface area contributed by atoms with Crippen LogP contribution in [0.2, 0.25) is 0 Å². The van der Waals surface area contributed by atoms with Gasteiger partial charge in [-0.25, -0.2) is 0 Å². The van der Waals surface area contributed by atoms with Crippen LogP contribution in [0.3, 0.4) is 0 Å². The average Bonchev–Trinajstić information content (AvgIpc) is 2.50. The molecule has 1 aromatic carbocycles. The normalized spacial score (nSPS) is 10.6. The monoisotopic (exact) mass is 305 g/mol. The number of rotatable bonds is 1. The minimum absolute atomic E-state index is 0.848. The molecule has 0 spiro atoms. The Bertz CT molecular complexity index is 452. The van der Waals surface area contributed by atoms with Crippen molar-refractivity contribution >= 4 is 49.7 Å². The molecule has 0 saturated carbocycles. The number of nitrogens with two attached hydrogens (primary N) is 1. The summed E-state index contributed by atoms with van der Waals surface area (Å²) in [6.07, 6.45) is 0. The maximum absolute atomic E-state index is 5.80. The van der Waals surface area contributed by atoms with Gasteiger partial charge in [-0.15, -0.1) is 11.3 Å². The molecule has 0 aliphatic rings. The third-order valence-corrected chi connectivity index (χ3v) is 4.36. The van der Waals surface area contributed by atoms with E-state index in [9.17, 15) is 0 Å². The van der Waals surface area contributed by atoms with E-state index in [4.69, 9.17) is 10.5 Å². The topological polar surface area (TPSA) is 35.2 Å². The molecule has 13 heavy (non-hydrogen) atoms. The largest absolute Gasteiger partial charge is 0.496 e. The number of halogens is 1. The molecule has 4 heteroatoms. The third kappa shape index (κ3) is 1.38. The molecular weight excluding hydrogens is 297 g/mol. The summed E-state index contributed by atoms with van der Waals surface area (Å²) in [5.74, 6) is 0.912. The van der Waals surface area contributed by atoms with Gasteiger partial charge in [-0.3, -0.25) is 0 Å². The first-order valence-electron chi connectivity index (χ1n) is 3.73. The van der Waals surface area contributed by atoms with E-state index in [-0.39, 0.29) is 0 Å². The zero-order valence-corrected chi connectivity index (χ0v) is 9.98. The molecule has 2 rings (SSSR count). The molecule has 0 bridgehead atoms. The summed E-state index contributed by atoms with van der Waals surface area (Å²) in [4.78, 5) is 0. The van der Waals surface area contributed by atoms with Crippen molar-refractivity contribution in [3.8, 4) is 5.75 Å². The molecule has 0 aliphatic carbocycles. The average molecular weight is 305 g/mol. The van der Waals surface area contributed by atoms with Gasteiger partial charge in [0.15, 0.2) is 0 Å². The number of nitrogen functional groups attached to an aromatic ring is 1. The van der Waals surface area contributed by atoms with E-state index < -0.39 is 0 Å². The number of thiophene rings is 1. The lowest BCUT2D eigenvalue weighted by Crippen LogP contribution is -1.87. The van der Waals surface area contributed by atoms with Gasteiger partial charge in [0.25, 0.3) is 0 Å². The minimum atomic E-state index is 0.848. The van der Waals surface area contributed by atoms with Crippen LogP contribution < -0.4 is 10.5 Å². The van der Waals surface area contributed by atoms with E-state index in [1.807, 2.05) is 17.5 Å². The summed E-state index contributed by atoms with van der Waals surface area (Å²) in [6, 6.07) is 3.95. The van der Waals surface area contributed by atoms with E-state index in [2.05, 4.69) is 22.6 Å². The highest BCUT2D eigenvalue weighted by molar-refractivity contribution is 14.1. The van der Waals surface area contributed by atoms with Gasteiger partial charge in [0.1, 0.15) is 5.75 Å². The fourth-order valence-corrected chi connectivity index (χ4v) is 3.18. The quantitative estimate of drug-likeness (QED) is 0.822. The van der Waals surface area contributed by atoms with Crippen LogP contribution in [0.1, 0.15) is 0 Å². The highest BCUT2D eigenvalue weighted by Crippen LogP contribution is 2.36. The van der Waals surface area contributed by atoms with Gasteiger partial charge in [0.05, 0.1) is 21.1 Å². The zero-order chi connectivity index (χ0) is 9.42. The molecule has 0 fully saturated rings. The van der Waals surface area contributed by atoms with Crippen molar-refractivity contribution in [3.05, 3.63) is 21.1 Å². The molecule has 0 unspecified atom stereocenters. The van der Waals surface area contributed by atoms with Crippen molar-refractivity contribution in [2.75, 3.05) is 12.8 Å². The number of ether oxygens (including phenoxy) is 1. The molecule has 0 radical (unpaired) electrons. The standard InChI is InChI=1S/C9H8INOS/c1-12-7-3-2-5-6(11)4-13-9(5)8(7)10/h2-4H,11H2,1H3. The van der Waals surface area contributed by atoms with E-state index in [0.717, 1.165) is 20.4 Å². The van der Waals surface area contributed by atoms with Gasteiger partial charge in [-0.05, 0) is 34.7 Å². The fraction of sp³-hybridized carbons (Fsp3) is 0.111. The Morgan fingerprint density at radius 3 is 2.92 bits per heavy atom. The van der Waals surface area contributed by atoms with Crippen molar-refractivity contribution in [1.82, 2.24) is 0 Å². The smallest absolute Gasteiger partial charge is 0.133 e. The Labute approximate surface area is 93.8 Å². The van der Waals surface area contributed by atoms with Crippen molar-refractivity contribution < 1.29 is 4.74 Å². The summed E-state index contributed by atoms with van der Waals surface area (Å²) in [5, 5.41) is 3.09. The summed E-state index contributed by atoms with van der Waals surface area (Å²) < 4.78 is 7.56. The predicted molar refractivity (Wildman–Crippen MR) is 65.5 cm³/mol. The van der Waals surface area contributed by atoms with Crippen LogP contribution in [-0.2, 0) is 0 Å². The van der Waals surface area contributed by atoms with Gasteiger partial charge in [-0.2, -0.15) is 0 Å². The molecule has 0 amide bonds. The Kier molecular flexibility index (Phi) is 2.33. The van der Waals surface area contributed by atoms with Crippen LogP contribution in [0.15, 0.2) is 17.5 Å². The third-order valence-electron chi connectivity index (χ3n) is 1.90. The SMILES string of the molecule is COc1ccc2c(N)csc2c1I. The number of benzene rings is 1. The molecule has 2 aromatic rings.